The topological polar surface area (TPSA) is 26.3 Å². The number of rotatable bonds is 6. The van der Waals surface area contributed by atoms with Crippen LogP contribution >= 0.6 is 0 Å². The lowest BCUT2D eigenvalue weighted by atomic mass is 9.47. The first kappa shape index (κ1) is 26.1. The van der Waals surface area contributed by atoms with Crippen LogP contribution in [0.1, 0.15) is 112 Å². The number of ether oxygens (including phenoxy) is 1. The summed E-state index contributed by atoms with van der Waals surface area (Å²) >= 11 is 0. The first-order valence-corrected chi connectivity index (χ1v) is 13.5. The number of allylic oxidation sites excluding steroid dienone is 1. The number of carbonyl (C=O) groups is 1. The van der Waals surface area contributed by atoms with Crippen LogP contribution in [-0.4, -0.2) is 12.1 Å². The van der Waals surface area contributed by atoms with Gasteiger partial charge in [0.2, 0.25) is 0 Å². The van der Waals surface area contributed by atoms with Crippen LogP contribution in [0.2, 0.25) is 0 Å². The molecule has 0 aromatic heterocycles. The quantitative estimate of drug-likeness (QED) is 0.411. The fourth-order valence-corrected chi connectivity index (χ4v) is 8.99. The summed E-state index contributed by atoms with van der Waals surface area (Å²) in [6.45, 7) is 14.1. The molecule has 0 amide bonds. The fraction of sp³-hybridized carbons (Fsp3) is 0.897. The van der Waals surface area contributed by atoms with Crippen LogP contribution in [0.4, 0.5) is 0 Å². The van der Waals surface area contributed by atoms with Crippen LogP contribution in [0, 0.1) is 46.3 Å². The minimum atomic E-state index is -0.115. The molecule has 0 unspecified atom stereocenters. The van der Waals surface area contributed by atoms with Gasteiger partial charge in [0.15, 0.2) is 0 Å². The predicted molar refractivity (Wildman–Crippen MR) is 129 cm³/mol. The molecule has 0 heterocycles. The molecule has 0 radical (unpaired) electrons. The largest absolute Gasteiger partial charge is 1.00 e. The second kappa shape index (κ2) is 10.0. The number of esters is 1. The van der Waals surface area contributed by atoms with Crippen LogP contribution in [0.25, 0.3) is 0 Å². The average molecular weight is 464 g/mol. The minimum Gasteiger partial charge on any atom is -1.00 e. The van der Waals surface area contributed by atoms with E-state index in [1.807, 2.05) is 0 Å². The van der Waals surface area contributed by atoms with Gasteiger partial charge < -0.3 is 17.1 Å². The molecule has 0 aromatic carbocycles. The van der Waals surface area contributed by atoms with Gasteiger partial charge in [-0.3, -0.25) is 4.79 Å². The molecule has 2 nitrogen and oxygen atoms in total. The Morgan fingerprint density at radius 2 is 1.81 bits per heavy atom. The zero-order valence-corrected chi connectivity index (χ0v) is 22.3. The lowest BCUT2D eigenvalue weighted by Crippen LogP contribution is -3.00. The Morgan fingerprint density at radius 1 is 1.06 bits per heavy atom. The monoisotopic (exact) mass is 463 g/mol. The van der Waals surface area contributed by atoms with Crippen LogP contribution in [-0.2, 0) is 9.53 Å². The van der Waals surface area contributed by atoms with E-state index in [2.05, 4.69) is 40.7 Å². The highest BCUT2D eigenvalue weighted by molar-refractivity contribution is 5.66. The molecule has 0 spiro atoms. The van der Waals surface area contributed by atoms with Gasteiger partial charge in [-0.2, -0.15) is 0 Å². The summed E-state index contributed by atoms with van der Waals surface area (Å²) in [4.78, 5) is 11.5. The van der Waals surface area contributed by atoms with E-state index in [0.29, 0.717) is 10.8 Å². The van der Waals surface area contributed by atoms with Gasteiger partial charge in [-0.1, -0.05) is 65.5 Å². The van der Waals surface area contributed by atoms with Crippen LogP contribution in [0.5, 0.6) is 0 Å². The highest BCUT2D eigenvalue weighted by Crippen LogP contribution is 2.67. The second-order valence-corrected chi connectivity index (χ2v) is 12.8. The van der Waals surface area contributed by atoms with E-state index in [1.54, 1.807) is 12.5 Å². The summed E-state index contributed by atoms with van der Waals surface area (Å²) in [5.74, 6) is 5.19. The van der Waals surface area contributed by atoms with Crippen molar-refractivity contribution < 1.29 is 21.9 Å². The highest BCUT2D eigenvalue weighted by Gasteiger charge is 2.59. The molecule has 0 aliphatic heterocycles. The lowest BCUT2D eigenvalue weighted by Gasteiger charge is -2.58. The molecule has 184 valence electrons. The van der Waals surface area contributed by atoms with Gasteiger partial charge in [-0.25, -0.2) is 0 Å². The maximum absolute atomic E-state index is 11.5. The van der Waals surface area contributed by atoms with Crippen molar-refractivity contribution in [3.8, 4) is 0 Å². The van der Waals surface area contributed by atoms with Gasteiger partial charge in [0, 0.05) is 13.3 Å². The molecule has 0 bridgehead atoms. The van der Waals surface area contributed by atoms with E-state index in [9.17, 15) is 4.79 Å². The third-order valence-electron chi connectivity index (χ3n) is 10.6. The Kier molecular flexibility index (Phi) is 8.17. The molecule has 0 N–H and O–H groups in total. The smallest absolute Gasteiger partial charge is 0.302 e. The molecule has 8 atom stereocenters. The van der Waals surface area contributed by atoms with Crippen molar-refractivity contribution in [2.45, 2.75) is 118 Å². The average Bonchev–Trinajstić information content (AvgIpc) is 3.05. The Hall–Kier alpha value is -0.500. The number of carbonyl (C=O) groups excluding carboxylic acids is 1. The molecule has 4 aliphatic carbocycles. The molecule has 0 aromatic rings. The second-order valence-electron chi connectivity index (χ2n) is 12.8. The molecule has 3 fully saturated rings. The maximum Gasteiger partial charge on any atom is 0.302 e. The van der Waals surface area contributed by atoms with Crippen molar-refractivity contribution in [2.24, 2.45) is 46.3 Å². The van der Waals surface area contributed by atoms with Crippen molar-refractivity contribution in [3.05, 3.63) is 11.6 Å². The molecule has 3 saturated carbocycles. The normalized spacial score (nSPS) is 41.6. The zero-order chi connectivity index (χ0) is 22.4. The van der Waals surface area contributed by atoms with Gasteiger partial charge in [0.25, 0.3) is 0 Å². The van der Waals surface area contributed by atoms with Crippen molar-refractivity contribution in [3.63, 3.8) is 0 Å². The predicted octanol–water partition coefficient (Wildman–Crippen LogP) is 4.96. The van der Waals surface area contributed by atoms with Gasteiger partial charge in [-0.05, 0) is 91.3 Å². The molecule has 3 heteroatoms. The van der Waals surface area contributed by atoms with Gasteiger partial charge in [0.05, 0.1) is 0 Å². The molecule has 4 aliphatic rings. The Balaban J connectivity index is 0.00000289. The third-order valence-corrected chi connectivity index (χ3v) is 10.6. The SMILES string of the molecule is CC(=O)O[C@H]1CC[C@@]2(C)C(=CC[C@H]3[C@@H]4CC[C@H]([C@@H](C)CCCC(C)C)[C@@]4(C)CC[C@@H]32)C1.[Cl-]. The third kappa shape index (κ3) is 4.69. The summed E-state index contributed by atoms with van der Waals surface area (Å²) < 4.78 is 5.61. The maximum atomic E-state index is 11.5. The van der Waals surface area contributed by atoms with Crippen molar-refractivity contribution >= 4 is 5.97 Å². The first-order valence-electron chi connectivity index (χ1n) is 13.5. The molecule has 0 saturated heterocycles. The molecular formula is C29H48ClO2-. The summed E-state index contributed by atoms with van der Waals surface area (Å²) in [5, 5.41) is 0. The van der Waals surface area contributed by atoms with E-state index in [0.717, 1.165) is 48.3 Å². The summed E-state index contributed by atoms with van der Waals surface area (Å²) in [7, 11) is 0. The van der Waals surface area contributed by atoms with Crippen molar-refractivity contribution in [1.29, 1.82) is 0 Å². The van der Waals surface area contributed by atoms with Gasteiger partial charge in [-0.15, -0.1) is 0 Å². The van der Waals surface area contributed by atoms with Gasteiger partial charge in [0.1, 0.15) is 6.10 Å². The number of hydrogen-bond acceptors (Lipinski definition) is 2. The van der Waals surface area contributed by atoms with E-state index in [1.165, 1.54) is 57.8 Å². The van der Waals surface area contributed by atoms with Crippen LogP contribution in [0.3, 0.4) is 0 Å². The van der Waals surface area contributed by atoms with Crippen LogP contribution in [0.15, 0.2) is 11.6 Å². The van der Waals surface area contributed by atoms with E-state index in [-0.39, 0.29) is 24.5 Å². The fourth-order valence-electron chi connectivity index (χ4n) is 8.99. The van der Waals surface area contributed by atoms with Crippen LogP contribution < -0.4 is 12.4 Å². The standard InChI is InChI=1S/C29H48O2.ClH/c1-19(2)8-7-9-20(3)25-12-13-26-24-11-10-22-18-23(31-21(4)30)14-16-28(22,5)27(24)15-17-29(25,26)6;/h10,19-20,23-27H,7-9,11-18H2,1-6H3;1H/p-1/t20-,23-,24-,25+,26-,27-,28-,29+;/m0./s1. The van der Waals surface area contributed by atoms with Gasteiger partial charge >= 0.3 is 5.97 Å². The molecular weight excluding hydrogens is 416 g/mol. The van der Waals surface area contributed by atoms with E-state index in [4.69, 9.17) is 4.74 Å². The van der Waals surface area contributed by atoms with E-state index >= 15 is 0 Å². The van der Waals surface area contributed by atoms with E-state index < -0.39 is 0 Å². The highest BCUT2D eigenvalue weighted by atomic mass is 35.5. The number of hydrogen-bond donors (Lipinski definition) is 0. The Morgan fingerprint density at radius 3 is 2.50 bits per heavy atom. The molecule has 32 heavy (non-hydrogen) atoms. The minimum absolute atomic E-state index is 0. The first-order chi connectivity index (χ1) is 14.6. The summed E-state index contributed by atoms with van der Waals surface area (Å²) in [5.41, 5.74) is 2.53. The van der Waals surface area contributed by atoms with Crippen molar-refractivity contribution in [1.82, 2.24) is 0 Å². The Labute approximate surface area is 204 Å². The molecule has 4 rings (SSSR count). The zero-order valence-electron chi connectivity index (χ0n) is 21.6. The number of fused-ring (bicyclic) bond motifs is 5. The lowest BCUT2D eigenvalue weighted by molar-refractivity contribution is -0.148. The summed E-state index contributed by atoms with van der Waals surface area (Å²) in [6.07, 6.45) is 17.2. The Bertz CT molecular complexity index is 699. The number of halogens is 1. The summed E-state index contributed by atoms with van der Waals surface area (Å²) in [6, 6.07) is 0. The van der Waals surface area contributed by atoms with Crippen molar-refractivity contribution in [2.75, 3.05) is 0 Å².